The van der Waals surface area contributed by atoms with Crippen molar-refractivity contribution in [2.75, 3.05) is 59.5 Å². The third-order valence-electron chi connectivity index (χ3n) is 25.8. The van der Waals surface area contributed by atoms with Gasteiger partial charge >= 0.3 is 11.9 Å². The van der Waals surface area contributed by atoms with Gasteiger partial charge in [0.15, 0.2) is 25.2 Å². The van der Waals surface area contributed by atoms with Gasteiger partial charge in [-0.25, -0.2) is 9.59 Å². The lowest BCUT2D eigenvalue weighted by Crippen LogP contribution is -2.72. The topological polar surface area (TPSA) is 727 Å². The molecule has 0 aromatic rings. The van der Waals surface area contributed by atoms with Gasteiger partial charge in [-0.3, -0.25) is 19.2 Å². The number of aliphatic hydroxyl groups is 21. The van der Waals surface area contributed by atoms with Crippen LogP contribution >= 0.6 is 0 Å². The minimum atomic E-state index is -3.59. The van der Waals surface area contributed by atoms with Gasteiger partial charge in [-0.2, -0.15) is 0 Å². The Morgan fingerprint density at radius 3 is 1.23 bits per heavy atom. The summed E-state index contributed by atoms with van der Waals surface area (Å²) in [7, 11) is 0. The smallest absolute Gasteiger partial charge is 0.364 e. The number of carbonyl (C=O) groups is 6. The number of allylic oxidation sites excluding steroid dienone is 1. The van der Waals surface area contributed by atoms with E-state index in [1.165, 1.54) is 141 Å². The molecule has 6 heterocycles. The SMILES string of the molecule is CCCCCCCCCCCCC/C=C/[C@@H](O)[C@H](CO[C@@H]1OC(CO)[C@@H](O[C@@H]2OC(CO)[C@H](O)[C@H](O[C@@H]3OC(CO)[C@@H](O[C@@H]4OC(CO)[C@H](O)[C@H](O[C@]5(C(=O)O)CC(O)[C@@H](NC(=O)CO)C([C@H](O)[C@@H](CO)O[C@]6(C(=O)O)CC(O)[C@@H](NC(=O)CO)C([C@H](O)[C@H](O)CO)O6)O5)C4O)[C@H](O)C3NC(C)=O)C2O)[C@H](O)C1O)NC(=O)CCCCCCCCCCCCCCCCCCCCCCC. The number of hydrogen-bond donors (Lipinski definition) is 27. The lowest BCUT2D eigenvalue weighted by Gasteiger charge is -2.52. The molecule has 786 valence electrons. The van der Waals surface area contributed by atoms with E-state index in [1.54, 1.807) is 6.08 Å². The van der Waals surface area contributed by atoms with Gasteiger partial charge in [0.1, 0.15) is 147 Å². The highest BCUT2D eigenvalue weighted by Crippen LogP contribution is 2.43. The van der Waals surface area contributed by atoms with Gasteiger partial charge in [0.2, 0.25) is 23.6 Å². The first kappa shape index (κ1) is 119. The molecule has 6 aliphatic heterocycles. The fourth-order valence-electron chi connectivity index (χ4n) is 18.0. The highest BCUT2D eigenvalue weighted by Gasteiger charge is 2.64. The molecule has 6 saturated heterocycles. The molecular formula is C90H160N4O41. The molecule has 0 bridgehead atoms. The molecule has 6 aliphatic rings. The van der Waals surface area contributed by atoms with Crippen LogP contribution in [0, 0.1) is 0 Å². The zero-order valence-corrected chi connectivity index (χ0v) is 78.1. The summed E-state index contributed by atoms with van der Waals surface area (Å²) in [5.41, 5.74) is 0. The molecule has 4 amide bonds. The molecule has 0 saturated carbocycles. The van der Waals surface area contributed by atoms with E-state index in [4.69, 9.17) is 56.8 Å². The predicted octanol–water partition coefficient (Wildman–Crippen LogP) is -3.58. The predicted molar refractivity (Wildman–Crippen MR) is 470 cm³/mol. The molecular weight excluding hydrogens is 1790 g/mol. The van der Waals surface area contributed by atoms with Crippen LogP contribution in [0.3, 0.4) is 0 Å². The van der Waals surface area contributed by atoms with Crippen LogP contribution in [0.15, 0.2) is 12.2 Å². The quantitative estimate of drug-likeness (QED) is 0.0207. The van der Waals surface area contributed by atoms with Gasteiger partial charge in [-0.1, -0.05) is 219 Å². The van der Waals surface area contributed by atoms with Gasteiger partial charge in [0.25, 0.3) is 11.6 Å². The standard InChI is InChI=1S/C90H160N4O41/c1-4-6-8-10-12-14-16-18-19-20-21-22-23-24-25-27-29-31-33-35-37-39-62(108)92-52(53(104)38-36-34-32-30-28-26-17-15-13-11-9-7-5-2)50-124-84-74(117)73(116)78(61(47-100)128-84)130-85-75(118)81(69(112)57(43-96)125-85)131-83-67(91-51(3)103)72(115)77(60(46-99)127-83)129-86-76(119)82(70(113)58(44-97)126-86)135-90(88(122)123)41-55(106)66(94-64(110)49-102)80(134-90)71(114)59(45-98)132-89(87(120)121)40-54(105)65(93-63(109)48-101)79(133-89)68(111)56(107)42-95/h36,38,52-61,65-86,95-102,104-107,111-119H,4-35,37,39-50H2,1-3H3,(H,91,103)(H,92,108)(H,93,109)(H,94,110)(H,120,121)(H,122,123)/b38-36+/t52-,53+,54?,55?,56+,57?,58?,59+,60?,61?,65+,66+,67?,68+,69-,70-,71+,72+,73+,74?,75?,76?,77+,78+,79?,80?,81-,82-,83-,84+,85-,86-,89+,90-/m0/s1. The van der Waals surface area contributed by atoms with E-state index in [2.05, 4.69) is 24.5 Å². The van der Waals surface area contributed by atoms with Crippen LogP contribution in [0.4, 0.5) is 0 Å². The summed E-state index contributed by atoms with van der Waals surface area (Å²) in [5.74, 6) is -15.6. The number of carboxylic acids is 2. The summed E-state index contributed by atoms with van der Waals surface area (Å²) in [6.45, 7) is -5.22. The largest absolute Gasteiger partial charge is 0.477 e. The molecule has 45 nitrogen and oxygen atoms in total. The molecule has 135 heavy (non-hydrogen) atoms. The van der Waals surface area contributed by atoms with Crippen molar-refractivity contribution in [1.82, 2.24) is 21.3 Å². The number of nitrogens with one attached hydrogen (secondary N) is 4. The summed E-state index contributed by atoms with van der Waals surface area (Å²) in [5, 5.41) is 266. The van der Waals surface area contributed by atoms with Gasteiger partial charge < -0.3 is 196 Å². The first-order valence-corrected chi connectivity index (χ1v) is 48.6. The maximum Gasteiger partial charge on any atom is 0.364 e. The zero-order valence-electron chi connectivity index (χ0n) is 78.1. The van der Waals surface area contributed by atoms with Gasteiger partial charge in [0, 0.05) is 26.2 Å². The minimum Gasteiger partial charge on any atom is -0.477 e. The van der Waals surface area contributed by atoms with Crippen LogP contribution in [-0.4, -0.2) is 420 Å². The van der Waals surface area contributed by atoms with E-state index in [0.717, 1.165) is 64.7 Å². The normalized spacial score (nSPS) is 33.7. The van der Waals surface area contributed by atoms with Crippen molar-refractivity contribution < 1.29 is 203 Å². The molecule has 0 spiro atoms. The monoisotopic (exact) mass is 1950 g/mol. The van der Waals surface area contributed by atoms with Gasteiger partial charge in [0.05, 0.1) is 82.7 Å². The number of carbonyl (C=O) groups excluding carboxylic acids is 4. The molecule has 0 aromatic heterocycles. The summed E-state index contributed by atoms with van der Waals surface area (Å²) < 4.78 is 70.4. The Kier molecular flexibility index (Phi) is 55.2. The lowest BCUT2D eigenvalue weighted by molar-refractivity contribution is -0.391. The first-order chi connectivity index (χ1) is 64.6. The van der Waals surface area contributed by atoms with Crippen molar-refractivity contribution in [1.29, 1.82) is 0 Å². The Morgan fingerprint density at radius 2 is 0.800 bits per heavy atom. The first-order valence-electron chi connectivity index (χ1n) is 48.6. The summed E-state index contributed by atoms with van der Waals surface area (Å²) in [4.78, 5) is 78.9. The second-order valence-corrected chi connectivity index (χ2v) is 36.4. The van der Waals surface area contributed by atoms with E-state index in [1.807, 2.05) is 16.7 Å². The molecule has 0 aromatic carbocycles. The van der Waals surface area contributed by atoms with Crippen molar-refractivity contribution in [2.45, 2.75) is 459 Å². The van der Waals surface area contributed by atoms with Crippen molar-refractivity contribution in [3.8, 4) is 0 Å². The Labute approximate surface area is 787 Å². The molecule has 6 fully saturated rings. The summed E-state index contributed by atoms with van der Waals surface area (Å²) in [6, 6.07) is -7.23. The number of rotatable bonds is 67. The van der Waals surface area contributed by atoms with Crippen LogP contribution in [-0.2, 0) is 85.6 Å². The molecule has 6 rings (SSSR count). The lowest BCUT2D eigenvalue weighted by atomic mass is 9.87. The maximum atomic E-state index is 13.8. The minimum absolute atomic E-state index is 0.140. The van der Waals surface area contributed by atoms with Crippen LogP contribution in [0.2, 0.25) is 0 Å². The molecule has 12 unspecified atom stereocenters. The van der Waals surface area contributed by atoms with Crippen LogP contribution in [0.25, 0.3) is 0 Å². The Morgan fingerprint density at radius 1 is 0.407 bits per heavy atom. The number of carboxylic acid groups (broad SMARTS) is 2. The Bertz CT molecular complexity index is 3350. The number of unbranched alkanes of at least 4 members (excludes halogenated alkanes) is 31. The fraction of sp³-hybridized carbons (Fsp3) is 0.911. The van der Waals surface area contributed by atoms with Gasteiger partial charge in [-0.05, 0) is 19.3 Å². The highest BCUT2D eigenvalue weighted by molar-refractivity contribution is 5.79. The second-order valence-electron chi connectivity index (χ2n) is 36.4. The summed E-state index contributed by atoms with van der Waals surface area (Å²) >= 11 is 0. The van der Waals surface area contributed by atoms with Crippen molar-refractivity contribution in [2.24, 2.45) is 0 Å². The van der Waals surface area contributed by atoms with E-state index in [0.29, 0.717) is 12.8 Å². The molecule has 27 N–H and O–H groups in total. The van der Waals surface area contributed by atoms with E-state index in [9.17, 15) is 146 Å². The van der Waals surface area contributed by atoms with Crippen molar-refractivity contribution in [3.05, 3.63) is 12.2 Å². The number of amides is 4. The maximum absolute atomic E-state index is 13.8. The van der Waals surface area contributed by atoms with Crippen LogP contribution in [0.5, 0.6) is 0 Å². The molecule has 0 radical (unpaired) electrons. The molecule has 34 atom stereocenters. The van der Waals surface area contributed by atoms with E-state index < -0.39 is 309 Å². The van der Waals surface area contributed by atoms with E-state index >= 15 is 0 Å². The third kappa shape index (κ3) is 36.3. The average Bonchev–Trinajstić information content (AvgIpc) is 0.748. The Hall–Kier alpha value is -4.76. The Balaban J connectivity index is 1.13. The highest BCUT2D eigenvalue weighted by atomic mass is 16.8. The number of hydrogen-bond acceptors (Lipinski definition) is 39. The third-order valence-corrected chi connectivity index (χ3v) is 25.8. The van der Waals surface area contributed by atoms with Crippen molar-refractivity contribution >= 4 is 35.6 Å². The van der Waals surface area contributed by atoms with Crippen LogP contribution < -0.4 is 21.3 Å². The molecule has 45 heteroatoms. The number of aliphatic carboxylic acids is 2. The number of ether oxygens (including phenoxy) is 12. The average molecular weight is 1950 g/mol. The summed E-state index contributed by atoms with van der Waals surface area (Å²) in [6.07, 6.45) is -22.4. The number of aliphatic hydroxyl groups excluding tert-OH is 21. The van der Waals surface area contributed by atoms with Crippen molar-refractivity contribution in [3.63, 3.8) is 0 Å². The fourth-order valence-corrected chi connectivity index (χ4v) is 18.0. The van der Waals surface area contributed by atoms with E-state index in [-0.39, 0.29) is 12.3 Å². The molecule has 0 aliphatic carbocycles. The second kappa shape index (κ2) is 62.6. The van der Waals surface area contributed by atoms with Gasteiger partial charge in [-0.15, -0.1) is 0 Å². The zero-order chi connectivity index (χ0) is 99.5. The van der Waals surface area contributed by atoms with Crippen LogP contribution in [0.1, 0.15) is 252 Å².